The third-order valence-corrected chi connectivity index (χ3v) is 7.21. The maximum atomic E-state index is 13.6. The molecule has 9 nitrogen and oxygen atoms in total. The Balaban J connectivity index is 1.43. The highest BCUT2D eigenvalue weighted by Gasteiger charge is 2.45. The van der Waals surface area contributed by atoms with Crippen molar-refractivity contribution >= 4 is 17.1 Å². The number of carbonyl (C=O) groups is 1. The molecule has 2 N–H and O–H groups in total. The second-order valence-corrected chi connectivity index (χ2v) is 9.69. The first-order chi connectivity index (χ1) is 18.9. The van der Waals surface area contributed by atoms with Crippen LogP contribution in [0.2, 0.25) is 0 Å². The standard InChI is InChI=1S/C26H22F2N6O3/c1-26(29)11-36-19-8-12(10-30-21(19)26)14-6-7-15-22(31-14)34-16-9-17(23(34)32-15)33(2)24(35)13-4-3-5-18(20(13)16)37-25(27)28/h3-8,10,16-17,25H,9,11,29H2,1-2H3/t16-,17-,26+/m1/s1/i2D3. The minimum atomic E-state index is -3.14. The summed E-state index contributed by atoms with van der Waals surface area (Å²) in [6, 6.07) is 7.78. The topological polar surface area (TPSA) is 108 Å². The molecular formula is C26H22F2N6O3. The van der Waals surface area contributed by atoms with Crippen molar-refractivity contribution in [3.05, 3.63) is 65.2 Å². The van der Waals surface area contributed by atoms with E-state index in [1.165, 1.54) is 18.2 Å². The Morgan fingerprint density at radius 3 is 2.95 bits per heavy atom. The Labute approximate surface area is 214 Å². The lowest BCUT2D eigenvalue weighted by molar-refractivity contribution is -0.0507. The van der Waals surface area contributed by atoms with E-state index < -0.39 is 37.1 Å². The molecule has 3 aliphatic heterocycles. The quantitative estimate of drug-likeness (QED) is 0.450. The van der Waals surface area contributed by atoms with Gasteiger partial charge in [-0.1, -0.05) is 6.07 Å². The first-order valence-corrected chi connectivity index (χ1v) is 11.7. The number of amides is 1. The summed E-state index contributed by atoms with van der Waals surface area (Å²) in [6.07, 6.45) is 1.75. The third kappa shape index (κ3) is 3.10. The smallest absolute Gasteiger partial charge is 0.387 e. The summed E-state index contributed by atoms with van der Waals surface area (Å²) in [7, 11) is 0. The van der Waals surface area contributed by atoms with E-state index in [0.717, 1.165) is 4.90 Å². The lowest BCUT2D eigenvalue weighted by Crippen LogP contribution is -2.35. The van der Waals surface area contributed by atoms with Crippen molar-refractivity contribution in [3.63, 3.8) is 0 Å². The summed E-state index contributed by atoms with van der Waals surface area (Å²) in [6.45, 7) is -3.82. The van der Waals surface area contributed by atoms with Gasteiger partial charge in [0, 0.05) is 40.4 Å². The summed E-state index contributed by atoms with van der Waals surface area (Å²) in [5.74, 6) is -0.135. The van der Waals surface area contributed by atoms with Crippen molar-refractivity contribution in [2.45, 2.75) is 37.6 Å². The van der Waals surface area contributed by atoms with Gasteiger partial charge in [0.15, 0.2) is 5.65 Å². The van der Waals surface area contributed by atoms with Gasteiger partial charge in [0.2, 0.25) is 0 Å². The summed E-state index contributed by atoms with van der Waals surface area (Å²) >= 11 is 0. The van der Waals surface area contributed by atoms with Crippen LogP contribution in [0.15, 0.2) is 42.6 Å². The summed E-state index contributed by atoms with van der Waals surface area (Å²) < 4.78 is 63.5. The summed E-state index contributed by atoms with van der Waals surface area (Å²) in [5, 5.41) is 0. The van der Waals surface area contributed by atoms with Gasteiger partial charge in [-0.05, 0) is 37.3 Å². The van der Waals surface area contributed by atoms with Crippen LogP contribution in [0, 0.1) is 0 Å². The highest BCUT2D eigenvalue weighted by molar-refractivity contribution is 5.97. The van der Waals surface area contributed by atoms with Crippen LogP contribution in [0.4, 0.5) is 8.78 Å². The van der Waals surface area contributed by atoms with Crippen LogP contribution in [0.1, 0.15) is 57.0 Å². The zero-order chi connectivity index (χ0) is 28.1. The van der Waals surface area contributed by atoms with Gasteiger partial charge in [0.05, 0.1) is 23.3 Å². The molecule has 7 rings (SSSR count). The van der Waals surface area contributed by atoms with Gasteiger partial charge in [-0.2, -0.15) is 8.78 Å². The molecule has 1 aromatic carbocycles. The Bertz CT molecular complexity index is 1720. The number of imidazole rings is 1. The molecule has 0 radical (unpaired) electrons. The van der Waals surface area contributed by atoms with E-state index in [1.54, 1.807) is 29.0 Å². The van der Waals surface area contributed by atoms with Crippen molar-refractivity contribution in [3.8, 4) is 22.8 Å². The molecule has 37 heavy (non-hydrogen) atoms. The van der Waals surface area contributed by atoms with Gasteiger partial charge >= 0.3 is 6.61 Å². The first kappa shape index (κ1) is 19.1. The number of carbonyl (C=O) groups excluding carboxylic acids is 1. The van der Waals surface area contributed by atoms with Crippen LogP contribution in [0.3, 0.4) is 0 Å². The number of fused-ring (bicyclic) bond motifs is 10. The Kier molecular flexibility index (Phi) is 3.84. The Morgan fingerprint density at radius 2 is 2.14 bits per heavy atom. The molecule has 0 spiro atoms. The molecule has 0 saturated heterocycles. The van der Waals surface area contributed by atoms with Crippen molar-refractivity contribution in [2.24, 2.45) is 5.73 Å². The minimum Gasteiger partial charge on any atom is -0.489 e. The number of halogens is 2. The number of alkyl halides is 2. The number of hydrogen-bond acceptors (Lipinski definition) is 7. The molecule has 11 heteroatoms. The van der Waals surface area contributed by atoms with Crippen molar-refractivity contribution in [1.82, 2.24) is 24.4 Å². The van der Waals surface area contributed by atoms with E-state index in [2.05, 4.69) is 9.97 Å². The number of nitrogens with two attached hydrogens (primary N) is 1. The number of hydrogen-bond donors (Lipinski definition) is 1. The predicted octanol–water partition coefficient (Wildman–Crippen LogP) is 3.78. The van der Waals surface area contributed by atoms with Gasteiger partial charge in [0.25, 0.3) is 5.91 Å². The van der Waals surface area contributed by atoms with E-state index in [0.29, 0.717) is 46.3 Å². The molecule has 0 unspecified atom stereocenters. The fourth-order valence-corrected chi connectivity index (χ4v) is 5.55. The minimum absolute atomic E-state index is 0.0183. The SMILES string of the molecule is [2H]C([2H])([2H])N1C(=O)c2cccc(OC(F)F)c2[C@H]2C[C@@H]1c1nc3ccc(-c4cnc5c(c4)OC[C@]5(C)N)nc3n12. The van der Waals surface area contributed by atoms with Gasteiger partial charge in [0.1, 0.15) is 35.1 Å². The number of rotatable bonds is 3. The zero-order valence-corrected chi connectivity index (χ0v) is 19.5. The summed E-state index contributed by atoms with van der Waals surface area (Å²) in [5.41, 5.74) is 8.42. The number of nitrogens with zero attached hydrogens (tertiary/aromatic N) is 5. The Morgan fingerprint density at radius 1 is 1.27 bits per heavy atom. The van der Waals surface area contributed by atoms with E-state index in [1.807, 2.05) is 6.92 Å². The first-order valence-electron chi connectivity index (χ1n) is 13.2. The van der Waals surface area contributed by atoms with Crippen molar-refractivity contribution in [2.75, 3.05) is 13.6 Å². The Hall–Kier alpha value is -4.12. The maximum Gasteiger partial charge on any atom is 0.387 e. The molecule has 3 aromatic heterocycles. The van der Waals surface area contributed by atoms with Crippen molar-refractivity contribution in [1.29, 1.82) is 0 Å². The third-order valence-electron chi connectivity index (χ3n) is 7.21. The van der Waals surface area contributed by atoms with Gasteiger partial charge in [-0.15, -0.1) is 0 Å². The average molecular weight is 508 g/mol. The van der Waals surface area contributed by atoms with E-state index >= 15 is 0 Å². The summed E-state index contributed by atoms with van der Waals surface area (Å²) in [4.78, 5) is 28.4. The molecule has 3 atom stereocenters. The van der Waals surface area contributed by atoms with Crippen LogP contribution >= 0.6 is 0 Å². The molecule has 3 aliphatic rings. The molecule has 6 heterocycles. The zero-order valence-electron chi connectivity index (χ0n) is 22.5. The van der Waals surface area contributed by atoms with Gasteiger partial charge in [-0.25, -0.2) is 9.97 Å². The van der Waals surface area contributed by atoms with Crippen molar-refractivity contribution < 1.29 is 27.2 Å². The molecule has 0 saturated carbocycles. The normalized spacial score (nSPS) is 25.2. The molecule has 1 amide bonds. The van der Waals surface area contributed by atoms with Crippen LogP contribution in [0.25, 0.3) is 22.4 Å². The number of ether oxygens (including phenoxy) is 2. The second kappa shape index (κ2) is 7.45. The lowest BCUT2D eigenvalue weighted by Gasteiger charge is -2.24. The van der Waals surface area contributed by atoms with Crippen LogP contribution < -0.4 is 15.2 Å². The average Bonchev–Trinajstić information content (AvgIpc) is 3.49. The van der Waals surface area contributed by atoms with E-state index in [4.69, 9.17) is 24.3 Å². The maximum absolute atomic E-state index is 13.6. The lowest BCUT2D eigenvalue weighted by atomic mass is 9.98. The predicted molar refractivity (Wildman–Crippen MR) is 128 cm³/mol. The highest BCUT2D eigenvalue weighted by Crippen LogP contribution is 2.50. The second-order valence-electron chi connectivity index (χ2n) is 9.69. The number of aromatic nitrogens is 4. The van der Waals surface area contributed by atoms with Gasteiger partial charge < -0.3 is 24.7 Å². The fraction of sp³-hybridized carbons (Fsp3) is 0.308. The molecule has 188 valence electrons. The van der Waals surface area contributed by atoms with Gasteiger partial charge in [-0.3, -0.25) is 9.78 Å². The number of pyridine rings is 2. The molecule has 4 aromatic rings. The molecular weight excluding hydrogens is 482 g/mol. The molecule has 0 fully saturated rings. The fourth-order valence-electron chi connectivity index (χ4n) is 5.55. The largest absolute Gasteiger partial charge is 0.489 e. The van der Waals surface area contributed by atoms with Crippen LogP contribution in [-0.2, 0) is 5.54 Å². The van der Waals surface area contributed by atoms with Crippen LogP contribution in [-0.4, -0.2) is 50.5 Å². The highest BCUT2D eigenvalue weighted by atomic mass is 19.3. The van der Waals surface area contributed by atoms with Crippen LogP contribution in [0.5, 0.6) is 11.5 Å². The van der Waals surface area contributed by atoms with E-state index in [-0.39, 0.29) is 23.3 Å². The number of benzene rings is 1. The molecule has 0 aliphatic carbocycles. The van der Waals surface area contributed by atoms with E-state index in [9.17, 15) is 13.6 Å². The molecule has 2 bridgehead atoms. The monoisotopic (exact) mass is 507 g/mol.